The van der Waals surface area contributed by atoms with Crippen LogP contribution in [0, 0.1) is 11.8 Å². The van der Waals surface area contributed by atoms with Gasteiger partial charge in [0.2, 0.25) is 11.8 Å². The molecule has 0 radical (unpaired) electrons. The monoisotopic (exact) mass is 281 g/mol. The lowest BCUT2D eigenvalue weighted by atomic mass is 9.82. The zero-order valence-electron chi connectivity index (χ0n) is 11.3. The van der Waals surface area contributed by atoms with Crippen LogP contribution >= 0.6 is 11.8 Å². The zero-order valence-corrected chi connectivity index (χ0v) is 12.2. The summed E-state index contributed by atoms with van der Waals surface area (Å²) in [7, 11) is 0. The first-order valence-electron chi connectivity index (χ1n) is 6.56. The Bertz CT molecular complexity index is 444. The van der Waals surface area contributed by atoms with Crippen molar-refractivity contribution in [3.8, 4) is 0 Å². The van der Waals surface area contributed by atoms with Crippen LogP contribution in [0.2, 0.25) is 0 Å². The summed E-state index contributed by atoms with van der Waals surface area (Å²) in [6, 6.07) is 0. The van der Waals surface area contributed by atoms with Gasteiger partial charge in [-0.2, -0.15) is 11.8 Å². The third-order valence-electron chi connectivity index (χ3n) is 3.83. The third-order valence-corrected chi connectivity index (χ3v) is 4.44. The number of Topliss-reactive ketones (excluding diaryl/α,β-unsaturated/α-hetero) is 1. The molecule has 0 spiro atoms. The van der Waals surface area contributed by atoms with E-state index >= 15 is 0 Å². The van der Waals surface area contributed by atoms with Gasteiger partial charge < -0.3 is 0 Å². The first kappa shape index (κ1) is 14.3. The molecule has 0 N–H and O–H groups in total. The molecule has 19 heavy (non-hydrogen) atoms. The van der Waals surface area contributed by atoms with Crippen LogP contribution in [0.25, 0.3) is 0 Å². The van der Waals surface area contributed by atoms with Crippen LogP contribution in [-0.4, -0.2) is 41.1 Å². The Morgan fingerprint density at radius 3 is 2.74 bits per heavy atom. The summed E-state index contributed by atoms with van der Waals surface area (Å²) in [5.41, 5.74) is 1.18. The lowest BCUT2D eigenvalue weighted by Crippen LogP contribution is -2.33. The number of hydrogen-bond acceptors (Lipinski definition) is 4. The van der Waals surface area contributed by atoms with Crippen molar-refractivity contribution in [3.05, 3.63) is 11.6 Å². The molecular weight excluding hydrogens is 262 g/mol. The van der Waals surface area contributed by atoms with Crippen molar-refractivity contribution in [1.82, 2.24) is 4.90 Å². The van der Waals surface area contributed by atoms with E-state index in [1.807, 2.05) is 13.2 Å². The maximum absolute atomic E-state index is 12.2. The van der Waals surface area contributed by atoms with E-state index in [2.05, 4.69) is 6.08 Å². The number of carbonyl (C=O) groups excluding carboxylic acids is 3. The molecule has 1 fully saturated rings. The van der Waals surface area contributed by atoms with Crippen LogP contribution in [0.4, 0.5) is 0 Å². The zero-order chi connectivity index (χ0) is 14.0. The smallest absolute Gasteiger partial charge is 0.233 e. The fourth-order valence-electron chi connectivity index (χ4n) is 2.80. The first-order chi connectivity index (χ1) is 9.04. The molecule has 1 saturated heterocycles. The minimum Gasteiger partial charge on any atom is -0.299 e. The fourth-order valence-corrected chi connectivity index (χ4v) is 3.26. The predicted molar refractivity (Wildman–Crippen MR) is 74.7 cm³/mol. The molecule has 2 rings (SSSR count). The molecule has 0 bridgehead atoms. The Hall–Kier alpha value is -1.10. The van der Waals surface area contributed by atoms with E-state index in [1.165, 1.54) is 22.2 Å². The Balaban J connectivity index is 1.99. The van der Waals surface area contributed by atoms with E-state index in [-0.39, 0.29) is 42.4 Å². The second-order valence-electron chi connectivity index (χ2n) is 5.25. The third kappa shape index (κ3) is 2.91. The number of imide groups is 1. The summed E-state index contributed by atoms with van der Waals surface area (Å²) in [4.78, 5) is 37.2. The van der Waals surface area contributed by atoms with Crippen molar-refractivity contribution in [2.75, 3.05) is 18.6 Å². The van der Waals surface area contributed by atoms with Gasteiger partial charge in [-0.15, -0.1) is 0 Å². The number of ketones is 1. The normalized spacial score (nSPS) is 26.4. The van der Waals surface area contributed by atoms with Gasteiger partial charge in [-0.3, -0.25) is 19.3 Å². The fraction of sp³-hybridized carbons (Fsp3) is 0.643. The average molecular weight is 281 g/mol. The summed E-state index contributed by atoms with van der Waals surface area (Å²) in [5.74, 6) is -0.00334. The van der Waals surface area contributed by atoms with E-state index in [9.17, 15) is 14.4 Å². The number of fused-ring (bicyclic) bond motifs is 1. The minimum atomic E-state index is -0.188. The Morgan fingerprint density at radius 1 is 1.37 bits per heavy atom. The molecule has 2 aliphatic rings. The quantitative estimate of drug-likeness (QED) is 0.568. The number of amides is 2. The molecule has 0 aromatic rings. The van der Waals surface area contributed by atoms with E-state index < -0.39 is 0 Å². The van der Waals surface area contributed by atoms with Gasteiger partial charge >= 0.3 is 0 Å². The molecule has 4 nitrogen and oxygen atoms in total. The SMILES string of the molecule is CSCC(=O)CCN1C(=O)C2CC=C(C)CC2C1=O. The van der Waals surface area contributed by atoms with Gasteiger partial charge in [-0.25, -0.2) is 0 Å². The molecule has 2 atom stereocenters. The molecule has 104 valence electrons. The van der Waals surface area contributed by atoms with Crippen molar-refractivity contribution < 1.29 is 14.4 Å². The summed E-state index contributed by atoms with van der Waals surface area (Å²) < 4.78 is 0. The molecular formula is C14H19NO3S. The van der Waals surface area contributed by atoms with Crippen molar-refractivity contribution in [2.24, 2.45) is 11.8 Å². The van der Waals surface area contributed by atoms with Gasteiger partial charge in [-0.1, -0.05) is 11.6 Å². The lowest BCUT2D eigenvalue weighted by molar-refractivity contribution is -0.140. The maximum Gasteiger partial charge on any atom is 0.233 e. The highest BCUT2D eigenvalue weighted by atomic mass is 32.2. The van der Waals surface area contributed by atoms with Crippen molar-refractivity contribution in [3.63, 3.8) is 0 Å². The number of hydrogen-bond donors (Lipinski definition) is 0. The second-order valence-corrected chi connectivity index (χ2v) is 6.12. The average Bonchev–Trinajstić information content (AvgIpc) is 2.60. The van der Waals surface area contributed by atoms with Gasteiger partial charge in [0.25, 0.3) is 0 Å². The molecule has 2 unspecified atom stereocenters. The van der Waals surface area contributed by atoms with E-state index in [4.69, 9.17) is 0 Å². The van der Waals surface area contributed by atoms with Crippen molar-refractivity contribution >= 4 is 29.4 Å². The largest absolute Gasteiger partial charge is 0.299 e. The number of nitrogens with zero attached hydrogens (tertiary/aromatic N) is 1. The number of rotatable bonds is 5. The van der Waals surface area contributed by atoms with Crippen LogP contribution in [0.1, 0.15) is 26.2 Å². The van der Waals surface area contributed by atoms with Crippen LogP contribution in [0.5, 0.6) is 0 Å². The Morgan fingerprint density at radius 2 is 2.05 bits per heavy atom. The lowest BCUT2D eigenvalue weighted by Gasteiger charge is -2.19. The molecule has 5 heteroatoms. The van der Waals surface area contributed by atoms with Crippen LogP contribution in [-0.2, 0) is 14.4 Å². The van der Waals surface area contributed by atoms with Crippen molar-refractivity contribution in [2.45, 2.75) is 26.2 Å². The summed E-state index contributed by atoms with van der Waals surface area (Å²) in [6.07, 6.45) is 5.55. The van der Waals surface area contributed by atoms with Gasteiger partial charge in [0.15, 0.2) is 0 Å². The summed E-state index contributed by atoms with van der Waals surface area (Å²) >= 11 is 1.47. The molecule has 2 amide bonds. The highest BCUT2D eigenvalue weighted by molar-refractivity contribution is 7.99. The summed E-state index contributed by atoms with van der Waals surface area (Å²) in [5, 5.41) is 0. The molecule has 0 saturated carbocycles. The van der Waals surface area contributed by atoms with Gasteiger partial charge in [-0.05, 0) is 26.0 Å². The standard InChI is InChI=1S/C14H19NO3S/c1-9-3-4-11-12(7-9)14(18)15(13(11)17)6-5-10(16)8-19-2/h3,11-12H,4-8H2,1-2H3. The summed E-state index contributed by atoms with van der Waals surface area (Å²) in [6.45, 7) is 2.25. The Kier molecular flexibility index (Phi) is 4.45. The van der Waals surface area contributed by atoms with Gasteiger partial charge in [0.1, 0.15) is 5.78 Å². The molecule has 1 aliphatic heterocycles. The van der Waals surface area contributed by atoms with Gasteiger partial charge in [0, 0.05) is 13.0 Å². The number of carbonyl (C=O) groups is 3. The van der Waals surface area contributed by atoms with E-state index in [0.717, 1.165) is 0 Å². The number of likely N-dealkylation sites (tertiary alicyclic amines) is 1. The minimum absolute atomic E-state index is 0.0839. The highest BCUT2D eigenvalue weighted by Crippen LogP contribution is 2.37. The Labute approximate surface area is 117 Å². The highest BCUT2D eigenvalue weighted by Gasteiger charge is 2.47. The molecule has 1 aliphatic carbocycles. The molecule has 1 heterocycles. The topological polar surface area (TPSA) is 54.5 Å². The molecule has 0 aromatic carbocycles. The molecule has 0 aromatic heterocycles. The van der Waals surface area contributed by atoms with Crippen molar-refractivity contribution in [1.29, 1.82) is 0 Å². The second kappa shape index (κ2) is 5.90. The van der Waals surface area contributed by atoms with Gasteiger partial charge in [0.05, 0.1) is 17.6 Å². The van der Waals surface area contributed by atoms with E-state index in [1.54, 1.807) is 0 Å². The number of thioether (sulfide) groups is 1. The van der Waals surface area contributed by atoms with E-state index in [0.29, 0.717) is 18.6 Å². The predicted octanol–water partition coefficient (Wildman–Crippen LogP) is 1.65. The first-order valence-corrected chi connectivity index (χ1v) is 7.95. The number of allylic oxidation sites excluding steroid dienone is 2. The van der Waals surface area contributed by atoms with Crippen LogP contribution in [0.3, 0.4) is 0 Å². The van der Waals surface area contributed by atoms with Crippen LogP contribution in [0.15, 0.2) is 11.6 Å². The maximum atomic E-state index is 12.2. The van der Waals surface area contributed by atoms with Crippen LogP contribution < -0.4 is 0 Å².